The molecule has 0 saturated heterocycles. The highest BCUT2D eigenvalue weighted by Crippen LogP contribution is 2.16. The third-order valence-electron chi connectivity index (χ3n) is 5.10. The minimum absolute atomic E-state index is 0.00622. The molecule has 2 nitrogen and oxygen atoms in total. The molecule has 2 unspecified atom stereocenters. The van der Waals surface area contributed by atoms with Gasteiger partial charge >= 0.3 is 5.97 Å². The molecule has 0 spiro atoms. The maximum atomic E-state index is 11.8. The van der Waals surface area contributed by atoms with Crippen LogP contribution in [0.2, 0.25) is 0 Å². The molecule has 2 atom stereocenters. The van der Waals surface area contributed by atoms with Crippen LogP contribution in [0.25, 0.3) is 0 Å². The molecular weight excluding hydrogens is 296 g/mol. The molecule has 0 aromatic heterocycles. The Hall–Kier alpha value is -0.530. The maximum absolute atomic E-state index is 11.8. The minimum atomic E-state index is 0.00622. The summed E-state index contributed by atoms with van der Waals surface area (Å²) in [5, 5.41) is 0. The van der Waals surface area contributed by atoms with Gasteiger partial charge in [0.2, 0.25) is 0 Å². The van der Waals surface area contributed by atoms with Gasteiger partial charge in [-0.05, 0) is 24.7 Å². The van der Waals surface area contributed by atoms with Crippen molar-refractivity contribution in [3.05, 3.63) is 0 Å². The van der Waals surface area contributed by atoms with Crippen molar-refractivity contribution >= 4 is 5.97 Å². The molecule has 0 aromatic rings. The van der Waals surface area contributed by atoms with Gasteiger partial charge in [-0.15, -0.1) is 0 Å². The summed E-state index contributed by atoms with van der Waals surface area (Å²) in [5.41, 5.74) is 0. The highest BCUT2D eigenvalue weighted by molar-refractivity contribution is 5.69. The zero-order valence-electron chi connectivity index (χ0n) is 17.1. The van der Waals surface area contributed by atoms with Crippen LogP contribution >= 0.6 is 0 Å². The third-order valence-corrected chi connectivity index (χ3v) is 5.10. The lowest BCUT2D eigenvalue weighted by molar-refractivity contribution is -0.145. The molecule has 24 heavy (non-hydrogen) atoms. The van der Waals surface area contributed by atoms with E-state index >= 15 is 0 Å². The lowest BCUT2D eigenvalue weighted by Crippen LogP contribution is -2.12. The second-order valence-corrected chi connectivity index (χ2v) is 7.81. The van der Waals surface area contributed by atoms with Gasteiger partial charge in [0.1, 0.15) is 0 Å². The van der Waals surface area contributed by atoms with Crippen LogP contribution in [0.15, 0.2) is 0 Å². The lowest BCUT2D eigenvalue weighted by Gasteiger charge is -2.13. The van der Waals surface area contributed by atoms with Crippen molar-refractivity contribution in [3.8, 4) is 0 Å². The molecule has 0 saturated carbocycles. The molecule has 0 aliphatic carbocycles. The van der Waals surface area contributed by atoms with Gasteiger partial charge in [-0.1, -0.05) is 98.3 Å². The Morgan fingerprint density at radius 2 is 1.29 bits per heavy atom. The van der Waals surface area contributed by atoms with E-state index in [0.717, 1.165) is 12.3 Å². The van der Waals surface area contributed by atoms with Gasteiger partial charge in [0.25, 0.3) is 0 Å². The predicted molar refractivity (Wildman–Crippen MR) is 105 cm³/mol. The lowest BCUT2D eigenvalue weighted by atomic mass is 9.97. The highest BCUT2D eigenvalue weighted by Gasteiger charge is 2.08. The molecule has 0 radical (unpaired) electrons. The van der Waals surface area contributed by atoms with E-state index in [2.05, 4.69) is 27.7 Å². The Bertz CT molecular complexity index is 275. The first-order chi connectivity index (χ1) is 11.6. The van der Waals surface area contributed by atoms with E-state index in [1.165, 1.54) is 77.0 Å². The molecule has 0 aliphatic rings. The average Bonchev–Trinajstić information content (AvgIpc) is 2.58. The van der Waals surface area contributed by atoms with Crippen molar-refractivity contribution in [2.24, 2.45) is 11.8 Å². The maximum Gasteiger partial charge on any atom is 0.305 e. The van der Waals surface area contributed by atoms with E-state index in [4.69, 9.17) is 4.74 Å². The van der Waals surface area contributed by atoms with Crippen molar-refractivity contribution in [1.82, 2.24) is 0 Å². The Balaban J connectivity index is 3.37. The standard InChI is InChI=1S/C22H44O2/c1-5-7-8-9-10-11-12-13-14-18-22(23)24-19-21(4)17-15-16-20(3)6-2/h20-21H,5-19H2,1-4H3. The molecule has 0 aromatic carbocycles. The Morgan fingerprint density at radius 1 is 0.750 bits per heavy atom. The largest absolute Gasteiger partial charge is 0.465 e. The molecule has 144 valence electrons. The number of esters is 1. The van der Waals surface area contributed by atoms with E-state index in [-0.39, 0.29) is 5.97 Å². The van der Waals surface area contributed by atoms with Crippen molar-refractivity contribution in [1.29, 1.82) is 0 Å². The van der Waals surface area contributed by atoms with Crippen molar-refractivity contribution in [3.63, 3.8) is 0 Å². The SMILES string of the molecule is CCCCCCCCCCCC(=O)OCC(C)CCCC(C)CC. The Morgan fingerprint density at radius 3 is 1.88 bits per heavy atom. The molecule has 0 rings (SSSR count). The minimum Gasteiger partial charge on any atom is -0.465 e. The molecule has 2 heteroatoms. The Kier molecular flexibility index (Phi) is 16.9. The van der Waals surface area contributed by atoms with Crippen molar-refractivity contribution in [2.45, 2.75) is 118 Å². The van der Waals surface area contributed by atoms with E-state index in [0.29, 0.717) is 18.9 Å². The molecule has 0 bridgehead atoms. The fraction of sp³-hybridized carbons (Fsp3) is 0.955. The van der Waals surface area contributed by atoms with Crippen molar-refractivity contribution in [2.75, 3.05) is 6.61 Å². The van der Waals surface area contributed by atoms with Crippen LogP contribution in [0, 0.1) is 11.8 Å². The van der Waals surface area contributed by atoms with Gasteiger partial charge < -0.3 is 4.74 Å². The normalized spacial score (nSPS) is 13.7. The van der Waals surface area contributed by atoms with Crippen LogP contribution in [-0.2, 0) is 9.53 Å². The first-order valence-corrected chi connectivity index (χ1v) is 10.8. The smallest absolute Gasteiger partial charge is 0.305 e. The summed E-state index contributed by atoms with van der Waals surface area (Å²) in [5.74, 6) is 1.33. The van der Waals surface area contributed by atoms with Crippen LogP contribution in [-0.4, -0.2) is 12.6 Å². The van der Waals surface area contributed by atoms with E-state index in [1.54, 1.807) is 0 Å². The predicted octanol–water partition coefficient (Wildman–Crippen LogP) is 7.30. The highest BCUT2D eigenvalue weighted by atomic mass is 16.5. The number of ether oxygens (including phenoxy) is 1. The molecule has 0 amide bonds. The van der Waals surface area contributed by atoms with Gasteiger partial charge in [-0.3, -0.25) is 4.79 Å². The van der Waals surface area contributed by atoms with Gasteiger partial charge in [-0.2, -0.15) is 0 Å². The monoisotopic (exact) mass is 340 g/mol. The number of unbranched alkanes of at least 4 members (excludes halogenated alkanes) is 8. The zero-order chi connectivity index (χ0) is 18.0. The summed E-state index contributed by atoms with van der Waals surface area (Å²) in [7, 11) is 0. The summed E-state index contributed by atoms with van der Waals surface area (Å²) in [6.07, 6.45) is 17.2. The average molecular weight is 341 g/mol. The van der Waals surface area contributed by atoms with Crippen LogP contribution in [0.3, 0.4) is 0 Å². The summed E-state index contributed by atoms with van der Waals surface area (Å²) < 4.78 is 5.42. The fourth-order valence-electron chi connectivity index (χ4n) is 2.99. The van der Waals surface area contributed by atoms with Crippen molar-refractivity contribution < 1.29 is 9.53 Å². The second kappa shape index (κ2) is 17.3. The van der Waals surface area contributed by atoms with Gasteiger partial charge in [0.15, 0.2) is 0 Å². The first kappa shape index (κ1) is 23.5. The first-order valence-electron chi connectivity index (χ1n) is 10.8. The third kappa shape index (κ3) is 16.3. The molecule has 0 heterocycles. The molecule has 0 fully saturated rings. The number of hydrogen-bond acceptors (Lipinski definition) is 2. The fourth-order valence-corrected chi connectivity index (χ4v) is 2.99. The number of hydrogen-bond donors (Lipinski definition) is 0. The Labute approximate surface area is 152 Å². The van der Waals surface area contributed by atoms with Crippen LogP contribution in [0.5, 0.6) is 0 Å². The molecule has 0 aliphatic heterocycles. The number of carbonyl (C=O) groups is 1. The van der Waals surface area contributed by atoms with E-state index < -0.39 is 0 Å². The summed E-state index contributed by atoms with van der Waals surface area (Å²) in [6, 6.07) is 0. The van der Waals surface area contributed by atoms with E-state index in [1.807, 2.05) is 0 Å². The van der Waals surface area contributed by atoms with Gasteiger partial charge in [0, 0.05) is 6.42 Å². The second-order valence-electron chi connectivity index (χ2n) is 7.81. The number of rotatable bonds is 17. The summed E-state index contributed by atoms with van der Waals surface area (Å²) in [4.78, 5) is 11.8. The van der Waals surface area contributed by atoms with Crippen LogP contribution in [0.1, 0.15) is 118 Å². The number of carbonyl (C=O) groups excluding carboxylic acids is 1. The quantitative estimate of drug-likeness (QED) is 0.205. The van der Waals surface area contributed by atoms with Crippen LogP contribution in [0.4, 0.5) is 0 Å². The zero-order valence-corrected chi connectivity index (χ0v) is 17.1. The molecular formula is C22H44O2. The molecule has 0 N–H and O–H groups in total. The van der Waals surface area contributed by atoms with Crippen LogP contribution < -0.4 is 0 Å². The topological polar surface area (TPSA) is 26.3 Å². The summed E-state index contributed by atoms with van der Waals surface area (Å²) in [6.45, 7) is 9.63. The van der Waals surface area contributed by atoms with Gasteiger partial charge in [-0.25, -0.2) is 0 Å². The van der Waals surface area contributed by atoms with E-state index in [9.17, 15) is 4.79 Å². The van der Waals surface area contributed by atoms with Gasteiger partial charge in [0.05, 0.1) is 6.61 Å². The summed E-state index contributed by atoms with van der Waals surface area (Å²) >= 11 is 0.